The highest BCUT2D eigenvalue weighted by Crippen LogP contribution is 2.07. The van der Waals surface area contributed by atoms with Crippen molar-refractivity contribution in [3.05, 3.63) is 41.9 Å². The zero-order valence-corrected chi connectivity index (χ0v) is 8.37. The number of aromatic carboxylic acids is 1. The molecule has 2 aromatic heterocycles. The van der Waals surface area contributed by atoms with Crippen LogP contribution in [0.4, 0.5) is 0 Å². The molecule has 0 unspecified atom stereocenters. The summed E-state index contributed by atoms with van der Waals surface area (Å²) in [5.74, 6) is -0.533. The molecular formula is C10H10N4O2. The van der Waals surface area contributed by atoms with E-state index in [4.69, 9.17) is 10.8 Å². The minimum absolute atomic E-state index is 0.176. The Hall–Kier alpha value is -2.21. The van der Waals surface area contributed by atoms with Gasteiger partial charge in [-0.25, -0.2) is 14.5 Å². The molecule has 2 rings (SSSR count). The normalized spacial score (nSPS) is 10.3. The average molecular weight is 218 g/mol. The Balaban J connectivity index is 2.40. The van der Waals surface area contributed by atoms with Gasteiger partial charge in [0.2, 0.25) is 0 Å². The second kappa shape index (κ2) is 4.11. The number of rotatable bonds is 3. The first kappa shape index (κ1) is 10.3. The van der Waals surface area contributed by atoms with Crippen LogP contribution in [-0.4, -0.2) is 25.8 Å². The van der Waals surface area contributed by atoms with Crippen molar-refractivity contribution in [2.24, 2.45) is 5.73 Å². The Morgan fingerprint density at radius 1 is 1.56 bits per heavy atom. The van der Waals surface area contributed by atoms with Crippen LogP contribution in [0.5, 0.6) is 0 Å². The summed E-state index contributed by atoms with van der Waals surface area (Å²) in [6.07, 6.45) is 4.77. The molecule has 0 spiro atoms. The first-order valence-corrected chi connectivity index (χ1v) is 4.64. The van der Waals surface area contributed by atoms with E-state index in [2.05, 4.69) is 10.1 Å². The van der Waals surface area contributed by atoms with Crippen LogP contribution in [0.25, 0.3) is 5.82 Å². The van der Waals surface area contributed by atoms with Gasteiger partial charge in [0.1, 0.15) is 0 Å². The number of hydrogen-bond acceptors (Lipinski definition) is 4. The molecule has 0 saturated heterocycles. The van der Waals surface area contributed by atoms with Crippen molar-refractivity contribution >= 4 is 5.97 Å². The maximum absolute atomic E-state index is 10.8. The molecule has 6 heteroatoms. The summed E-state index contributed by atoms with van der Waals surface area (Å²) in [6, 6.07) is 2.88. The molecular weight excluding hydrogens is 208 g/mol. The predicted octanol–water partition coefficient (Wildman–Crippen LogP) is 0.424. The van der Waals surface area contributed by atoms with E-state index in [1.807, 2.05) is 0 Å². The van der Waals surface area contributed by atoms with Gasteiger partial charge in [-0.1, -0.05) is 0 Å². The summed E-state index contributed by atoms with van der Waals surface area (Å²) in [7, 11) is 0. The van der Waals surface area contributed by atoms with Gasteiger partial charge in [0.05, 0.1) is 11.8 Å². The molecule has 0 amide bonds. The fraction of sp³-hybridized carbons (Fsp3) is 0.100. The van der Waals surface area contributed by atoms with Crippen LogP contribution in [-0.2, 0) is 6.54 Å². The molecule has 2 heterocycles. The van der Waals surface area contributed by atoms with Crippen molar-refractivity contribution in [1.29, 1.82) is 0 Å². The second-order valence-electron chi connectivity index (χ2n) is 3.21. The van der Waals surface area contributed by atoms with E-state index in [0.29, 0.717) is 12.4 Å². The summed E-state index contributed by atoms with van der Waals surface area (Å²) in [5, 5.41) is 12.9. The van der Waals surface area contributed by atoms with Gasteiger partial charge in [0.15, 0.2) is 5.82 Å². The SMILES string of the molecule is NCc1cnn(-c2cc(C(=O)O)ccn2)c1. The van der Waals surface area contributed by atoms with Crippen molar-refractivity contribution in [3.63, 3.8) is 0 Å². The third kappa shape index (κ3) is 1.91. The fourth-order valence-corrected chi connectivity index (χ4v) is 1.27. The number of hydrogen-bond donors (Lipinski definition) is 2. The maximum Gasteiger partial charge on any atom is 0.335 e. The van der Waals surface area contributed by atoms with Gasteiger partial charge in [0, 0.05) is 24.5 Å². The van der Waals surface area contributed by atoms with Crippen molar-refractivity contribution in [1.82, 2.24) is 14.8 Å². The molecule has 0 aliphatic rings. The maximum atomic E-state index is 10.8. The first-order valence-electron chi connectivity index (χ1n) is 4.64. The molecule has 0 aliphatic carbocycles. The van der Waals surface area contributed by atoms with Crippen LogP contribution in [0.15, 0.2) is 30.7 Å². The highest BCUT2D eigenvalue weighted by atomic mass is 16.4. The van der Waals surface area contributed by atoms with Gasteiger partial charge in [0.25, 0.3) is 0 Å². The number of pyridine rings is 1. The molecule has 0 atom stereocenters. The lowest BCUT2D eigenvalue weighted by Crippen LogP contribution is -2.02. The lowest BCUT2D eigenvalue weighted by molar-refractivity contribution is 0.0696. The van der Waals surface area contributed by atoms with Crippen LogP contribution >= 0.6 is 0 Å². The van der Waals surface area contributed by atoms with E-state index in [1.54, 1.807) is 12.4 Å². The van der Waals surface area contributed by atoms with Gasteiger partial charge >= 0.3 is 5.97 Å². The van der Waals surface area contributed by atoms with Gasteiger partial charge in [-0.05, 0) is 12.1 Å². The largest absolute Gasteiger partial charge is 0.478 e. The van der Waals surface area contributed by atoms with E-state index < -0.39 is 5.97 Å². The Bertz CT molecular complexity index is 521. The standard InChI is InChI=1S/C10H10N4O2/c11-4-7-5-13-14(6-7)9-3-8(10(15)16)1-2-12-9/h1-3,5-6H,4,11H2,(H,15,16). The summed E-state index contributed by atoms with van der Waals surface area (Å²) < 4.78 is 1.49. The molecule has 82 valence electrons. The molecule has 16 heavy (non-hydrogen) atoms. The van der Waals surface area contributed by atoms with Gasteiger partial charge in [-0.15, -0.1) is 0 Å². The lowest BCUT2D eigenvalue weighted by Gasteiger charge is -2.00. The molecule has 3 N–H and O–H groups in total. The average Bonchev–Trinajstić information content (AvgIpc) is 2.77. The highest BCUT2D eigenvalue weighted by molar-refractivity contribution is 5.87. The number of nitrogens with two attached hydrogens (primary N) is 1. The quantitative estimate of drug-likeness (QED) is 0.778. The Kier molecular flexibility index (Phi) is 2.65. The van der Waals surface area contributed by atoms with E-state index in [1.165, 1.54) is 23.0 Å². The zero-order chi connectivity index (χ0) is 11.5. The third-order valence-electron chi connectivity index (χ3n) is 2.10. The monoisotopic (exact) mass is 218 g/mol. The van der Waals surface area contributed by atoms with Gasteiger partial charge in [-0.3, -0.25) is 0 Å². The smallest absolute Gasteiger partial charge is 0.335 e. The van der Waals surface area contributed by atoms with E-state index in [9.17, 15) is 4.79 Å². The van der Waals surface area contributed by atoms with Crippen molar-refractivity contribution in [2.45, 2.75) is 6.54 Å². The minimum atomic E-state index is -0.991. The van der Waals surface area contributed by atoms with Gasteiger partial charge in [-0.2, -0.15) is 5.10 Å². The molecule has 0 radical (unpaired) electrons. The second-order valence-corrected chi connectivity index (χ2v) is 3.21. The number of carboxylic acid groups (broad SMARTS) is 1. The van der Waals surface area contributed by atoms with E-state index in [-0.39, 0.29) is 5.56 Å². The topological polar surface area (TPSA) is 94.0 Å². The fourth-order valence-electron chi connectivity index (χ4n) is 1.27. The Labute approximate surface area is 91.3 Å². The Morgan fingerprint density at radius 2 is 2.38 bits per heavy atom. The Morgan fingerprint density at radius 3 is 3.00 bits per heavy atom. The summed E-state index contributed by atoms with van der Waals surface area (Å²) in [5.41, 5.74) is 6.49. The molecule has 6 nitrogen and oxygen atoms in total. The predicted molar refractivity (Wildman–Crippen MR) is 56.2 cm³/mol. The molecule has 0 aromatic carbocycles. The lowest BCUT2D eigenvalue weighted by atomic mass is 10.2. The zero-order valence-electron chi connectivity index (χ0n) is 8.37. The number of carbonyl (C=O) groups is 1. The van der Waals surface area contributed by atoms with E-state index in [0.717, 1.165) is 5.56 Å². The van der Waals surface area contributed by atoms with Crippen LogP contribution in [0.2, 0.25) is 0 Å². The van der Waals surface area contributed by atoms with Crippen LogP contribution in [0.3, 0.4) is 0 Å². The molecule has 0 fully saturated rings. The molecule has 2 aromatic rings. The summed E-state index contributed by atoms with van der Waals surface area (Å²) in [6.45, 7) is 0.388. The van der Waals surface area contributed by atoms with Crippen LogP contribution < -0.4 is 5.73 Å². The summed E-state index contributed by atoms with van der Waals surface area (Å²) in [4.78, 5) is 14.8. The molecule has 0 aliphatic heterocycles. The summed E-state index contributed by atoms with van der Waals surface area (Å²) >= 11 is 0. The number of nitrogens with zero attached hydrogens (tertiary/aromatic N) is 3. The highest BCUT2D eigenvalue weighted by Gasteiger charge is 2.06. The van der Waals surface area contributed by atoms with E-state index >= 15 is 0 Å². The molecule has 0 bridgehead atoms. The van der Waals surface area contributed by atoms with Gasteiger partial charge < -0.3 is 10.8 Å². The first-order chi connectivity index (χ1) is 7.70. The van der Waals surface area contributed by atoms with Crippen LogP contribution in [0, 0.1) is 0 Å². The third-order valence-corrected chi connectivity index (χ3v) is 2.10. The van der Waals surface area contributed by atoms with Crippen LogP contribution in [0.1, 0.15) is 15.9 Å². The van der Waals surface area contributed by atoms with Crippen molar-refractivity contribution in [2.75, 3.05) is 0 Å². The van der Waals surface area contributed by atoms with Crippen molar-refractivity contribution in [3.8, 4) is 5.82 Å². The molecule has 0 saturated carbocycles. The minimum Gasteiger partial charge on any atom is -0.478 e. The van der Waals surface area contributed by atoms with Crippen molar-refractivity contribution < 1.29 is 9.90 Å². The number of carboxylic acids is 1. The number of aromatic nitrogens is 3.